The van der Waals surface area contributed by atoms with Crippen LogP contribution in [0.4, 0.5) is 0 Å². The van der Waals surface area contributed by atoms with Gasteiger partial charge < -0.3 is 0 Å². The lowest BCUT2D eigenvalue weighted by Gasteiger charge is -2.16. The van der Waals surface area contributed by atoms with E-state index in [4.69, 9.17) is 0 Å². The van der Waals surface area contributed by atoms with E-state index in [-0.39, 0.29) is 4.90 Å². The van der Waals surface area contributed by atoms with Crippen molar-refractivity contribution in [3.8, 4) is 0 Å². The summed E-state index contributed by atoms with van der Waals surface area (Å²) >= 11 is 3.29. The van der Waals surface area contributed by atoms with Crippen LogP contribution >= 0.6 is 15.9 Å². The first-order valence-corrected chi connectivity index (χ1v) is 8.40. The number of rotatable bonds is 5. The van der Waals surface area contributed by atoms with Crippen LogP contribution in [0, 0.1) is 0 Å². The molecule has 0 saturated heterocycles. The third kappa shape index (κ3) is 3.28. The monoisotopic (exact) mass is 357 g/mol. The second-order valence-corrected chi connectivity index (χ2v) is 7.38. The Hall–Kier alpha value is -1.18. The van der Waals surface area contributed by atoms with Gasteiger partial charge in [0.05, 0.1) is 11.1 Å². The number of sulfonamides is 1. The molecule has 108 valence electrons. The van der Waals surface area contributed by atoms with Gasteiger partial charge in [0, 0.05) is 36.4 Å². The molecule has 0 aliphatic carbocycles. The van der Waals surface area contributed by atoms with E-state index >= 15 is 0 Å². The van der Waals surface area contributed by atoms with Crippen molar-refractivity contribution < 1.29 is 8.42 Å². The molecule has 1 aromatic carbocycles. The fourth-order valence-electron chi connectivity index (χ4n) is 1.79. The van der Waals surface area contributed by atoms with Crippen molar-refractivity contribution in [1.29, 1.82) is 0 Å². The zero-order chi connectivity index (χ0) is 14.8. The second kappa shape index (κ2) is 6.07. The lowest BCUT2D eigenvalue weighted by atomic mass is 10.4. The average Bonchev–Trinajstić information content (AvgIpc) is 2.87. The largest absolute Gasteiger partial charge is 0.273 e. The van der Waals surface area contributed by atoms with E-state index < -0.39 is 10.0 Å². The predicted octanol–water partition coefficient (Wildman–Crippen LogP) is 2.49. The van der Waals surface area contributed by atoms with E-state index in [2.05, 4.69) is 21.0 Å². The van der Waals surface area contributed by atoms with Crippen LogP contribution in [0.3, 0.4) is 0 Å². The molecule has 5 nitrogen and oxygen atoms in total. The smallest absolute Gasteiger partial charge is 0.243 e. The fraction of sp³-hybridized carbons (Fsp3) is 0.308. The number of aryl methyl sites for hydroxylation is 1. The van der Waals surface area contributed by atoms with Gasteiger partial charge in [-0.15, -0.1) is 0 Å². The first-order valence-electron chi connectivity index (χ1n) is 6.16. The van der Waals surface area contributed by atoms with E-state index in [0.717, 1.165) is 16.6 Å². The lowest BCUT2D eigenvalue weighted by Crippen LogP contribution is -2.26. The minimum absolute atomic E-state index is 0.283. The van der Waals surface area contributed by atoms with Gasteiger partial charge in [0.1, 0.15) is 0 Å². The van der Waals surface area contributed by atoms with Crippen LogP contribution in [-0.2, 0) is 23.1 Å². The summed E-state index contributed by atoms with van der Waals surface area (Å²) in [6.07, 6.45) is 3.55. The molecule has 0 bridgehead atoms. The maximum Gasteiger partial charge on any atom is 0.243 e. The Kier molecular flexibility index (Phi) is 4.62. The van der Waals surface area contributed by atoms with Crippen molar-refractivity contribution in [1.82, 2.24) is 14.1 Å². The topological polar surface area (TPSA) is 55.2 Å². The predicted molar refractivity (Wildman–Crippen MR) is 80.7 cm³/mol. The summed E-state index contributed by atoms with van der Waals surface area (Å²) in [7, 11) is -1.91. The highest BCUT2D eigenvalue weighted by atomic mass is 79.9. The first kappa shape index (κ1) is 15.2. The molecule has 7 heteroatoms. The average molecular weight is 358 g/mol. The van der Waals surface area contributed by atoms with E-state index in [1.54, 1.807) is 42.2 Å². The molecule has 1 heterocycles. The third-order valence-electron chi connectivity index (χ3n) is 2.94. The van der Waals surface area contributed by atoms with Crippen LogP contribution < -0.4 is 0 Å². The van der Waals surface area contributed by atoms with Gasteiger partial charge in [-0.25, -0.2) is 8.42 Å². The van der Waals surface area contributed by atoms with E-state index in [9.17, 15) is 8.42 Å². The summed E-state index contributed by atoms with van der Waals surface area (Å²) in [6, 6.07) is 6.61. The number of halogens is 1. The number of aromatic nitrogens is 2. The highest BCUT2D eigenvalue weighted by Crippen LogP contribution is 2.19. The fourth-order valence-corrected chi connectivity index (χ4v) is 3.21. The van der Waals surface area contributed by atoms with Crippen LogP contribution in [-0.4, -0.2) is 29.6 Å². The molecule has 0 aliphatic heterocycles. The van der Waals surface area contributed by atoms with Gasteiger partial charge >= 0.3 is 0 Å². The Morgan fingerprint density at radius 3 is 2.50 bits per heavy atom. The highest BCUT2D eigenvalue weighted by Gasteiger charge is 2.21. The van der Waals surface area contributed by atoms with E-state index in [1.165, 1.54) is 4.31 Å². The van der Waals surface area contributed by atoms with Crippen molar-refractivity contribution in [2.75, 3.05) is 7.05 Å². The van der Waals surface area contributed by atoms with Crippen LogP contribution in [0.25, 0.3) is 0 Å². The summed E-state index contributed by atoms with van der Waals surface area (Å²) in [6.45, 7) is 3.06. The summed E-state index contributed by atoms with van der Waals surface area (Å²) in [5.41, 5.74) is 0.870. The summed E-state index contributed by atoms with van der Waals surface area (Å²) in [5.74, 6) is 0. The van der Waals surface area contributed by atoms with E-state index in [0.29, 0.717) is 6.54 Å². The maximum absolute atomic E-state index is 12.4. The van der Waals surface area contributed by atoms with Crippen molar-refractivity contribution in [2.45, 2.75) is 24.9 Å². The van der Waals surface area contributed by atoms with Gasteiger partial charge in [-0.1, -0.05) is 15.9 Å². The molecule has 0 atom stereocenters. The Morgan fingerprint density at radius 2 is 1.95 bits per heavy atom. The summed E-state index contributed by atoms with van der Waals surface area (Å²) in [5, 5.41) is 4.14. The molecule has 0 spiro atoms. The quantitative estimate of drug-likeness (QED) is 0.825. The first-order chi connectivity index (χ1) is 9.43. The van der Waals surface area contributed by atoms with Gasteiger partial charge in [-0.3, -0.25) is 4.68 Å². The van der Waals surface area contributed by atoms with Crippen molar-refractivity contribution in [3.63, 3.8) is 0 Å². The number of hydrogen-bond donors (Lipinski definition) is 0. The van der Waals surface area contributed by atoms with Gasteiger partial charge in [-0.2, -0.15) is 9.40 Å². The third-order valence-corrected chi connectivity index (χ3v) is 5.28. The Morgan fingerprint density at radius 1 is 1.30 bits per heavy atom. The number of hydrogen-bond acceptors (Lipinski definition) is 3. The molecule has 0 aliphatic rings. The molecular formula is C13H16BrN3O2S. The lowest BCUT2D eigenvalue weighted by molar-refractivity contribution is 0.466. The highest BCUT2D eigenvalue weighted by molar-refractivity contribution is 9.10. The standard InChI is InChI=1S/C13H16BrN3O2S/c1-3-17-10-11(8-15-17)9-16(2)20(18,19)13-6-4-12(14)5-7-13/h4-8,10H,3,9H2,1-2H3. The molecule has 0 unspecified atom stereocenters. The molecule has 0 radical (unpaired) electrons. The Labute approximate surface area is 127 Å². The van der Waals surface area contributed by atoms with Gasteiger partial charge in [0.15, 0.2) is 0 Å². The second-order valence-electron chi connectivity index (χ2n) is 4.42. The van der Waals surface area contributed by atoms with Crippen molar-refractivity contribution >= 4 is 26.0 Å². The maximum atomic E-state index is 12.4. The van der Waals surface area contributed by atoms with Crippen LogP contribution in [0.2, 0.25) is 0 Å². The molecule has 1 aromatic heterocycles. The summed E-state index contributed by atoms with van der Waals surface area (Å²) < 4.78 is 28.8. The minimum Gasteiger partial charge on any atom is -0.273 e. The molecule has 2 aromatic rings. The molecule has 0 saturated carbocycles. The molecule has 20 heavy (non-hydrogen) atoms. The molecule has 0 N–H and O–H groups in total. The van der Waals surface area contributed by atoms with Crippen LogP contribution in [0.1, 0.15) is 12.5 Å². The molecule has 0 amide bonds. The number of benzene rings is 1. The zero-order valence-corrected chi connectivity index (χ0v) is 13.7. The number of nitrogens with zero attached hydrogens (tertiary/aromatic N) is 3. The Bertz CT molecular complexity index is 680. The SMILES string of the molecule is CCn1cc(CN(C)S(=O)(=O)c2ccc(Br)cc2)cn1. The zero-order valence-electron chi connectivity index (χ0n) is 11.3. The normalized spacial score (nSPS) is 12.0. The van der Waals surface area contributed by atoms with Gasteiger partial charge in [-0.05, 0) is 31.2 Å². The molecule has 0 fully saturated rings. The van der Waals surface area contributed by atoms with Crippen molar-refractivity contribution in [3.05, 3.63) is 46.7 Å². The minimum atomic E-state index is -3.48. The van der Waals surface area contributed by atoms with Crippen LogP contribution in [0.5, 0.6) is 0 Å². The van der Waals surface area contributed by atoms with Gasteiger partial charge in [0.25, 0.3) is 0 Å². The van der Waals surface area contributed by atoms with Crippen molar-refractivity contribution in [2.24, 2.45) is 0 Å². The molecule has 2 rings (SSSR count). The Balaban J connectivity index is 2.18. The molecular weight excluding hydrogens is 342 g/mol. The van der Waals surface area contributed by atoms with E-state index in [1.807, 2.05) is 13.1 Å². The summed E-state index contributed by atoms with van der Waals surface area (Å²) in [4.78, 5) is 0.283. The van der Waals surface area contributed by atoms with Crippen LogP contribution in [0.15, 0.2) is 46.0 Å². The van der Waals surface area contributed by atoms with Gasteiger partial charge in [0.2, 0.25) is 10.0 Å².